The van der Waals surface area contributed by atoms with E-state index in [-0.39, 0.29) is 0 Å². The van der Waals surface area contributed by atoms with E-state index in [1.165, 1.54) is 0 Å². The molecular weight excluding hydrogens is 486 g/mol. The Morgan fingerprint density at radius 3 is 2.29 bits per heavy atom. The second-order valence-corrected chi connectivity index (χ2v) is 11.4. The van der Waals surface area contributed by atoms with Gasteiger partial charge in [0.2, 0.25) is 0 Å². The third-order valence-corrected chi connectivity index (χ3v) is 8.19. The second kappa shape index (κ2) is 11.3. The standard InChI is InChI=1S/C31H40F2N2O3/c1-21(2)14-24-17-28-29(38-13-12-37-28)18-26(24)30(36)27(19-35-10-6-7-11-35)34(3)20-31(32,33)25-15-22-8-4-5-9-23(22)16-25/h4-5,8-9,14,17-18,25,27,30,36H,6-7,10-13,15-16,19-20H2,1-3H3. The smallest absolute Gasteiger partial charge is 0.263 e. The summed E-state index contributed by atoms with van der Waals surface area (Å²) in [6.07, 6.45) is 4.01. The first-order valence-electron chi connectivity index (χ1n) is 13.8. The summed E-state index contributed by atoms with van der Waals surface area (Å²) < 4.78 is 43.2. The summed E-state index contributed by atoms with van der Waals surface area (Å²) in [5, 5.41) is 11.9. The van der Waals surface area contributed by atoms with Crippen molar-refractivity contribution in [2.24, 2.45) is 5.92 Å². The number of hydrogen-bond donors (Lipinski definition) is 1. The predicted molar refractivity (Wildman–Crippen MR) is 146 cm³/mol. The van der Waals surface area contributed by atoms with Crippen molar-refractivity contribution in [1.82, 2.24) is 9.80 Å². The van der Waals surface area contributed by atoms with Crippen LogP contribution in [0.25, 0.3) is 6.08 Å². The van der Waals surface area contributed by atoms with Crippen LogP contribution in [0.1, 0.15) is 55.0 Å². The first-order chi connectivity index (χ1) is 18.2. The van der Waals surface area contributed by atoms with Crippen LogP contribution in [0.2, 0.25) is 0 Å². The summed E-state index contributed by atoms with van der Waals surface area (Å²) in [6, 6.07) is 11.0. The molecule has 0 saturated carbocycles. The molecule has 1 fully saturated rings. The van der Waals surface area contributed by atoms with Crippen molar-refractivity contribution in [3.05, 3.63) is 64.2 Å². The number of benzene rings is 2. The molecule has 206 valence electrons. The lowest BCUT2D eigenvalue weighted by Gasteiger charge is -2.38. The summed E-state index contributed by atoms with van der Waals surface area (Å²) in [7, 11) is 1.73. The lowest BCUT2D eigenvalue weighted by molar-refractivity contribution is -0.0926. The van der Waals surface area contributed by atoms with E-state index < -0.39 is 30.5 Å². The third-order valence-electron chi connectivity index (χ3n) is 8.19. The molecule has 0 amide bonds. The molecule has 2 aromatic carbocycles. The number of aliphatic hydroxyl groups excluding tert-OH is 1. The number of fused-ring (bicyclic) bond motifs is 2. The number of allylic oxidation sites excluding steroid dienone is 1. The van der Waals surface area contributed by atoms with Gasteiger partial charge < -0.3 is 19.5 Å². The number of hydrogen-bond acceptors (Lipinski definition) is 5. The Labute approximate surface area is 225 Å². The van der Waals surface area contributed by atoms with Crippen LogP contribution in [0.5, 0.6) is 11.5 Å². The fourth-order valence-corrected chi connectivity index (χ4v) is 6.17. The maximum atomic E-state index is 15.8. The number of halogens is 2. The summed E-state index contributed by atoms with van der Waals surface area (Å²) >= 11 is 0. The van der Waals surface area contributed by atoms with Gasteiger partial charge in [-0.2, -0.15) is 0 Å². The minimum atomic E-state index is -2.88. The minimum absolute atomic E-state index is 0.392. The highest BCUT2D eigenvalue weighted by Gasteiger charge is 2.45. The molecule has 7 heteroatoms. The van der Waals surface area contributed by atoms with E-state index in [9.17, 15) is 5.11 Å². The van der Waals surface area contributed by atoms with Crippen molar-refractivity contribution in [3.8, 4) is 11.5 Å². The Bertz CT molecular complexity index is 1130. The van der Waals surface area contributed by atoms with Gasteiger partial charge >= 0.3 is 0 Å². The molecule has 0 spiro atoms. The quantitative estimate of drug-likeness (QED) is 0.477. The van der Waals surface area contributed by atoms with Crippen LogP contribution >= 0.6 is 0 Å². The van der Waals surface area contributed by atoms with E-state index in [2.05, 4.69) is 4.90 Å². The van der Waals surface area contributed by atoms with Crippen LogP contribution in [-0.4, -0.2) is 73.3 Å². The first kappa shape index (κ1) is 27.1. The molecule has 2 atom stereocenters. The van der Waals surface area contributed by atoms with Crippen molar-refractivity contribution in [2.45, 2.75) is 57.6 Å². The Morgan fingerprint density at radius 1 is 1.08 bits per heavy atom. The van der Waals surface area contributed by atoms with Gasteiger partial charge in [0.05, 0.1) is 18.7 Å². The van der Waals surface area contributed by atoms with Gasteiger partial charge in [-0.3, -0.25) is 4.90 Å². The summed E-state index contributed by atoms with van der Waals surface area (Å²) in [5.74, 6) is -2.38. The van der Waals surface area contributed by atoms with E-state index in [4.69, 9.17) is 9.47 Å². The zero-order valence-electron chi connectivity index (χ0n) is 22.8. The Kier molecular flexibility index (Phi) is 8.08. The van der Waals surface area contributed by atoms with Gasteiger partial charge in [0.15, 0.2) is 11.5 Å². The number of nitrogens with zero attached hydrogens (tertiary/aromatic N) is 2. The molecular formula is C31H40F2N2O3. The Morgan fingerprint density at radius 2 is 1.68 bits per heavy atom. The summed E-state index contributed by atoms with van der Waals surface area (Å²) in [5.41, 5.74) is 4.64. The zero-order valence-corrected chi connectivity index (χ0v) is 22.8. The maximum absolute atomic E-state index is 15.8. The maximum Gasteiger partial charge on any atom is 0.263 e. The lowest BCUT2D eigenvalue weighted by Crippen LogP contribution is -2.51. The second-order valence-electron chi connectivity index (χ2n) is 11.4. The highest BCUT2D eigenvalue weighted by Crippen LogP contribution is 2.40. The van der Waals surface area contributed by atoms with Gasteiger partial charge in [-0.05, 0) is 94.1 Å². The molecule has 0 radical (unpaired) electrons. The van der Waals surface area contributed by atoms with Crippen LogP contribution in [0, 0.1) is 5.92 Å². The number of likely N-dealkylation sites (N-methyl/N-ethyl adjacent to an activating group) is 1. The number of alkyl halides is 2. The van der Waals surface area contributed by atoms with Crippen molar-refractivity contribution < 1.29 is 23.4 Å². The number of aliphatic hydroxyl groups is 1. The molecule has 0 aromatic heterocycles. The highest BCUT2D eigenvalue weighted by molar-refractivity contribution is 5.62. The van der Waals surface area contributed by atoms with Crippen LogP contribution in [0.4, 0.5) is 8.78 Å². The van der Waals surface area contributed by atoms with Crippen molar-refractivity contribution in [2.75, 3.05) is 46.4 Å². The molecule has 2 aromatic rings. The Hall–Kier alpha value is -2.48. The molecule has 1 saturated heterocycles. The van der Waals surface area contributed by atoms with E-state index in [1.54, 1.807) is 11.9 Å². The molecule has 2 aliphatic heterocycles. The first-order valence-corrected chi connectivity index (χ1v) is 13.8. The van der Waals surface area contributed by atoms with Crippen LogP contribution < -0.4 is 9.47 Å². The van der Waals surface area contributed by atoms with E-state index in [0.717, 1.165) is 48.2 Å². The third kappa shape index (κ3) is 5.90. The summed E-state index contributed by atoms with van der Waals surface area (Å²) in [4.78, 5) is 3.97. The molecule has 2 unspecified atom stereocenters. The van der Waals surface area contributed by atoms with Crippen molar-refractivity contribution >= 4 is 6.08 Å². The molecule has 5 nitrogen and oxygen atoms in total. The topological polar surface area (TPSA) is 45.2 Å². The normalized spacial score (nSPS) is 19.4. The predicted octanol–water partition coefficient (Wildman–Crippen LogP) is 5.36. The molecule has 3 aliphatic rings. The molecule has 1 aliphatic carbocycles. The fraction of sp³-hybridized carbons (Fsp3) is 0.548. The number of rotatable bonds is 9. The largest absolute Gasteiger partial charge is 0.486 e. The van der Waals surface area contributed by atoms with Gasteiger partial charge in [-0.25, -0.2) is 8.78 Å². The molecule has 1 N–H and O–H groups in total. The average molecular weight is 527 g/mol. The van der Waals surface area contributed by atoms with E-state index >= 15 is 8.78 Å². The monoisotopic (exact) mass is 526 g/mol. The van der Waals surface area contributed by atoms with Crippen molar-refractivity contribution in [1.29, 1.82) is 0 Å². The molecule has 0 bridgehead atoms. The van der Waals surface area contributed by atoms with Crippen LogP contribution in [-0.2, 0) is 12.8 Å². The van der Waals surface area contributed by atoms with Gasteiger partial charge in [-0.1, -0.05) is 35.9 Å². The van der Waals surface area contributed by atoms with Gasteiger partial charge in [0, 0.05) is 12.5 Å². The van der Waals surface area contributed by atoms with Gasteiger partial charge in [0.1, 0.15) is 13.2 Å². The van der Waals surface area contributed by atoms with Crippen LogP contribution in [0.15, 0.2) is 42.0 Å². The SMILES string of the molecule is CC(C)=Cc1cc2c(cc1C(O)C(CN1CCCC1)N(C)CC(F)(F)C1Cc3ccccc3C1)OCCO2. The molecule has 5 rings (SSSR count). The molecule has 38 heavy (non-hydrogen) atoms. The minimum Gasteiger partial charge on any atom is -0.486 e. The van der Waals surface area contributed by atoms with E-state index in [0.29, 0.717) is 49.7 Å². The lowest BCUT2D eigenvalue weighted by atomic mass is 9.92. The molecule has 2 heterocycles. The van der Waals surface area contributed by atoms with Crippen molar-refractivity contribution in [3.63, 3.8) is 0 Å². The Balaban J connectivity index is 1.42. The average Bonchev–Trinajstić information content (AvgIpc) is 3.56. The number of likely N-dealkylation sites (tertiary alicyclic amines) is 1. The summed E-state index contributed by atoms with van der Waals surface area (Å²) in [6.45, 7) is 6.90. The van der Waals surface area contributed by atoms with Gasteiger partial charge in [0.25, 0.3) is 5.92 Å². The van der Waals surface area contributed by atoms with Gasteiger partial charge in [-0.15, -0.1) is 0 Å². The number of ether oxygens (including phenoxy) is 2. The van der Waals surface area contributed by atoms with E-state index in [1.807, 2.05) is 56.3 Å². The van der Waals surface area contributed by atoms with Crippen LogP contribution in [0.3, 0.4) is 0 Å². The zero-order chi connectivity index (χ0) is 26.9. The fourth-order valence-electron chi connectivity index (χ4n) is 6.17. The highest BCUT2D eigenvalue weighted by atomic mass is 19.3.